The maximum absolute atomic E-state index is 13.6. The zero-order valence-corrected chi connectivity index (χ0v) is 18.9. The third kappa shape index (κ3) is 3.97. The van der Waals surface area contributed by atoms with Gasteiger partial charge in [-0.15, -0.1) is 0 Å². The standard InChI is InChI=1S/C25H36N6O/c26-29-21-20(19-11-7-4-8-12-19)25(23(32)22(21)30-27)15-13-24(31-28,14-16-25)17-18-9-5-2-1-3-6-10-18/h4,7-8,11-12,18,20,28H,1-3,5-6,9-10,13-17,26-27H2. The minimum absolute atomic E-state index is 0.0532. The van der Waals surface area contributed by atoms with E-state index < -0.39 is 5.41 Å². The monoisotopic (exact) mass is 436 g/mol. The van der Waals surface area contributed by atoms with Crippen LogP contribution in [0.4, 0.5) is 0 Å². The molecule has 0 bridgehead atoms. The Balaban J connectivity index is 1.61. The Morgan fingerprint density at radius 2 is 1.53 bits per heavy atom. The molecule has 4 rings (SSSR count). The Labute approximate surface area is 190 Å². The number of hydrazone groups is 2. The fourth-order valence-corrected chi connectivity index (χ4v) is 6.59. The lowest BCUT2D eigenvalue weighted by Gasteiger charge is -2.45. The minimum Gasteiger partial charge on any atom is -0.323 e. The summed E-state index contributed by atoms with van der Waals surface area (Å²) in [5, 5.41) is 12.0. The second-order valence-electron chi connectivity index (χ2n) is 10.1. The number of hydrogen-bond donors (Lipinski definition) is 3. The zero-order chi connectivity index (χ0) is 22.6. The predicted molar refractivity (Wildman–Crippen MR) is 127 cm³/mol. The van der Waals surface area contributed by atoms with E-state index in [1.807, 2.05) is 30.3 Å². The molecule has 3 aliphatic carbocycles. The number of rotatable bonds is 4. The number of ketones is 1. The largest absolute Gasteiger partial charge is 0.323 e. The van der Waals surface area contributed by atoms with E-state index in [-0.39, 0.29) is 23.0 Å². The number of carbonyl (C=O) groups excluding carboxylic acids is 1. The fraction of sp³-hybridized carbons (Fsp3) is 0.640. The van der Waals surface area contributed by atoms with Crippen LogP contribution < -0.4 is 11.7 Å². The van der Waals surface area contributed by atoms with Crippen LogP contribution in [0.2, 0.25) is 0 Å². The Bertz CT molecular complexity index is 877. The van der Waals surface area contributed by atoms with Gasteiger partial charge in [-0.3, -0.25) is 4.79 Å². The average molecular weight is 437 g/mol. The van der Waals surface area contributed by atoms with Crippen molar-refractivity contribution in [3.63, 3.8) is 0 Å². The summed E-state index contributed by atoms with van der Waals surface area (Å²) < 4.78 is 0. The van der Waals surface area contributed by atoms with Crippen LogP contribution in [0.25, 0.3) is 0 Å². The topological polar surface area (TPSA) is 130 Å². The summed E-state index contributed by atoms with van der Waals surface area (Å²) in [6.07, 6.45) is 12.8. The molecule has 0 saturated heterocycles. The molecule has 0 amide bonds. The van der Waals surface area contributed by atoms with Gasteiger partial charge in [0, 0.05) is 11.3 Å². The summed E-state index contributed by atoms with van der Waals surface area (Å²) in [5.41, 5.74) is 8.77. The van der Waals surface area contributed by atoms with Crippen LogP contribution in [0.5, 0.6) is 0 Å². The van der Waals surface area contributed by atoms with Gasteiger partial charge in [0.1, 0.15) is 0 Å². The van der Waals surface area contributed by atoms with Gasteiger partial charge in [0.05, 0.1) is 11.3 Å². The lowest BCUT2D eigenvalue weighted by atomic mass is 9.59. The Hall–Kier alpha value is -2.57. The molecule has 0 aliphatic heterocycles. The van der Waals surface area contributed by atoms with Gasteiger partial charge in [-0.1, -0.05) is 75.3 Å². The van der Waals surface area contributed by atoms with Gasteiger partial charge in [0.15, 0.2) is 11.5 Å². The lowest BCUT2D eigenvalue weighted by Crippen LogP contribution is -2.44. The third-order valence-corrected chi connectivity index (χ3v) is 8.34. The average Bonchev–Trinajstić information content (AvgIpc) is 3.05. The van der Waals surface area contributed by atoms with E-state index in [2.05, 4.69) is 15.3 Å². The molecule has 0 radical (unpaired) electrons. The molecule has 1 atom stereocenters. The highest BCUT2D eigenvalue weighted by molar-refractivity contribution is 6.73. The van der Waals surface area contributed by atoms with Crippen molar-refractivity contribution in [2.75, 3.05) is 0 Å². The van der Waals surface area contributed by atoms with E-state index >= 15 is 0 Å². The van der Waals surface area contributed by atoms with Crippen LogP contribution in [0, 0.1) is 16.9 Å². The Kier molecular flexibility index (Phi) is 6.72. The van der Waals surface area contributed by atoms with Crippen molar-refractivity contribution >= 4 is 17.2 Å². The number of benzene rings is 1. The zero-order valence-electron chi connectivity index (χ0n) is 18.9. The highest BCUT2D eigenvalue weighted by Gasteiger charge is 2.60. The molecule has 1 unspecified atom stereocenters. The Morgan fingerprint density at radius 3 is 2.09 bits per heavy atom. The molecule has 7 heteroatoms. The summed E-state index contributed by atoms with van der Waals surface area (Å²) in [6, 6.07) is 9.95. The molecule has 172 valence electrons. The first-order valence-electron chi connectivity index (χ1n) is 12.1. The second-order valence-corrected chi connectivity index (χ2v) is 10.1. The summed E-state index contributed by atoms with van der Waals surface area (Å²) in [7, 11) is 0. The van der Waals surface area contributed by atoms with E-state index in [4.69, 9.17) is 17.2 Å². The van der Waals surface area contributed by atoms with Gasteiger partial charge < -0.3 is 11.7 Å². The molecular weight excluding hydrogens is 400 g/mol. The summed E-state index contributed by atoms with van der Waals surface area (Å²) in [4.78, 5) is 13.6. The number of hydrogen-bond acceptors (Lipinski definition) is 7. The van der Waals surface area contributed by atoms with Gasteiger partial charge >= 0.3 is 0 Å². The molecule has 0 heterocycles. The van der Waals surface area contributed by atoms with Gasteiger partial charge in [0.25, 0.3) is 0 Å². The molecule has 7 nitrogen and oxygen atoms in total. The SMILES string of the molecule is N=NC1(CC2CCCCCCC2)CCC2(CC1)C(=O)C(=NN)C(=NN)C2c1ccccc1. The second kappa shape index (κ2) is 9.51. The first-order chi connectivity index (χ1) is 15.6. The Morgan fingerprint density at radius 1 is 0.906 bits per heavy atom. The van der Waals surface area contributed by atoms with E-state index in [1.54, 1.807) is 0 Å². The van der Waals surface area contributed by atoms with Crippen molar-refractivity contribution in [2.24, 2.45) is 38.3 Å². The van der Waals surface area contributed by atoms with Crippen molar-refractivity contribution < 1.29 is 4.79 Å². The molecule has 5 N–H and O–H groups in total. The van der Waals surface area contributed by atoms with Crippen molar-refractivity contribution in [3.05, 3.63) is 35.9 Å². The van der Waals surface area contributed by atoms with Crippen LogP contribution in [-0.4, -0.2) is 22.7 Å². The number of Topliss-reactive ketones (excluding diaryl/α,β-unsaturated/α-hetero) is 1. The molecular formula is C25H36N6O. The molecule has 1 aromatic carbocycles. The first kappa shape index (κ1) is 22.6. The van der Waals surface area contributed by atoms with E-state index in [1.165, 1.54) is 44.9 Å². The number of nitrogens with zero attached hydrogens (tertiary/aromatic N) is 3. The molecule has 1 aromatic rings. The van der Waals surface area contributed by atoms with Crippen LogP contribution in [-0.2, 0) is 4.79 Å². The normalized spacial score (nSPS) is 34.6. The van der Waals surface area contributed by atoms with Crippen molar-refractivity contribution in [3.8, 4) is 0 Å². The number of carbonyl (C=O) groups is 1. The first-order valence-corrected chi connectivity index (χ1v) is 12.1. The van der Waals surface area contributed by atoms with Crippen LogP contribution in [0.15, 0.2) is 45.6 Å². The highest BCUT2D eigenvalue weighted by atomic mass is 16.1. The molecule has 3 saturated carbocycles. The summed E-state index contributed by atoms with van der Waals surface area (Å²) >= 11 is 0. The highest BCUT2D eigenvalue weighted by Crippen LogP contribution is 2.56. The summed E-state index contributed by atoms with van der Waals surface area (Å²) in [6.45, 7) is 0. The lowest BCUT2D eigenvalue weighted by molar-refractivity contribution is -0.124. The number of nitrogens with one attached hydrogen (secondary N) is 1. The molecule has 0 aromatic heterocycles. The van der Waals surface area contributed by atoms with Crippen LogP contribution >= 0.6 is 0 Å². The van der Waals surface area contributed by atoms with E-state index in [9.17, 15) is 4.79 Å². The van der Waals surface area contributed by atoms with Gasteiger partial charge in [-0.25, -0.2) is 5.53 Å². The van der Waals surface area contributed by atoms with E-state index in [0.29, 0.717) is 24.5 Å². The van der Waals surface area contributed by atoms with Crippen LogP contribution in [0.1, 0.15) is 88.5 Å². The van der Waals surface area contributed by atoms with Gasteiger partial charge in [-0.2, -0.15) is 15.3 Å². The maximum Gasteiger partial charge on any atom is 0.192 e. The van der Waals surface area contributed by atoms with Crippen molar-refractivity contribution in [1.29, 1.82) is 5.53 Å². The van der Waals surface area contributed by atoms with Crippen molar-refractivity contribution in [1.82, 2.24) is 0 Å². The molecule has 3 fully saturated rings. The maximum atomic E-state index is 13.6. The predicted octanol–water partition coefficient (Wildman–Crippen LogP) is 5.06. The summed E-state index contributed by atoms with van der Waals surface area (Å²) in [5.74, 6) is 11.7. The molecule has 3 aliphatic rings. The molecule has 32 heavy (non-hydrogen) atoms. The molecule has 1 spiro atoms. The van der Waals surface area contributed by atoms with Crippen LogP contribution in [0.3, 0.4) is 0 Å². The minimum atomic E-state index is -0.660. The van der Waals surface area contributed by atoms with Crippen molar-refractivity contribution in [2.45, 2.75) is 88.5 Å². The van der Waals surface area contributed by atoms with Gasteiger partial charge in [0.2, 0.25) is 0 Å². The quantitative estimate of drug-likeness (QED) is 0.346. The van der Waals surface area contributed by atoms with E-state index in [0.717, 1.165) is 24.8 Å². The third-order valence-electron chi connectivity index (χ3n) is 8.34. The smallest absolute Gasteiger partial charge is 0.192 e. The number of nitrogens with two attached hydrogens (primary N) is 2. The fourth-order valence-electron chi connectivity index (χ4n) is 6.59. The van der Waals surface area contributed by atoms with Gasteiger partial charge in [-0.05, 0) is 43.6 Å².